The number of nitrogens with two attached hydrogens (primary N) is 1. The van der Waals surface area contributed by atoms with Crippen LogP contribution < -0.4 is 11.1 Å². The molecule has 0 aliphatic rings. The first kappa shape index (κ1) is 12.8. The summed E-state index contributed by atoms with van der Waals surface area (Å²) >= 11 is 0. The second-order valence-corrected chi connectivity index (χ2v) is 4.03. The van der Waals surface area contributed by atoms with Crippen molar-refractivity contribution < 1.29 is 14.7 Å². The molecule has 0 fully saturated rings. The lowest BCUT2D eigenvalue weighted by Gasteiger charge is -2.09. The third-order valence-electron chi connectivity index (χ3n) is 2.62. The van der Waals surface area contributed by atoms with E-state index in [2.05, 4.69) is 10.3 Å². The summed E-state index contributed by atoms with van der Waals surface area (Å²) < 4.78 is 0. The molecule has 0 atom stereocenters. The number of aromatic carboxylic acids is 1. The van der Waals surface area contributed by atoms with Gasteiger partial charge in [0.25, 0.3) is 0 Å². The van der Waals surface area contributed by atoms with Gasteiger partial charge in [-0.15, -0.1) is 0 Å². The summed E-state index contributed by atoms with van der Waals surface area (Å²) in [5.41, 5.74) is 5.01. The van der Waals surface area contributed by atoms with E-state index in [9.17, 15) is 9.59 Å². The maximum atomic E-state index is 11.0. The van der Waals surface area contributed by atoms with Crippen molar-refractivity contribution in [2.24, 2.45) is 5.73 Å². The van der Waals surface area contributed by atoms with Gasteiger partial charge >= 0.3 is 5.97 Å². The second-order valence-electron chi connectivity index (χ2n) is 4.03. The molecule has 0 bridgehead atoms. The van der Waals surface area contributed by atoms with Crippen LogP contribution in [-0.2, 0) is 4.79 Å². The Labute approximate surface area is 109 Å². The Morgan fingerprint density at radius 1 is 1.32 bits per heavy atom. The van der Waals surface area contributed by atoms with Crippen LogP contribution in [0, 0.1) is 0 Å². The molecule has 98 valence electrons. The van der Waals surface area contributed by atoms with E-state index in [0.29, 0.717) is 12.4 Å². The predicted molar refractivity (Wildman–Crippen MR) is 71.0 cm³/mol. The van der Waals surface area contributed by atoms with E-state index in [4.69, 9.17) is 10.8 Å². The lowest BCUT2D eigenvalue weighted by Crippen LogP contribution is -2.16. The van der Waals surface area contributed by atoms with E-state index in [1.54, 1.807) is 0 Å². The summed E-state index contributed by atoms with van der Waals surface area (Å²) in [4.78, 5) is 25.7. The number of carboxylic acids is 1. The molecular weight excluding hydrogens is 246 g/mol. The van der Waals surface area contributed by atoms with Gasteiger partial charge in [0.2, 0.25) is 5.91 Å². The van der Waals surface area contributed by atoms with Crippen LogP contribution in [0.15, 0.2) is 30.3 Å². The standard InChI is InChI=1S/C13H13N3O3/c14-11(17)5-6-15-12-9-4-2-1-3-8(9)7-10(16-12)13(18)19/h1-4,7H,5-6H2,(H2,14,17)(H,15,16)(H,18,19). The highest BCUT2D eigenvalue weighted by Gasteiger charge is 2.10. The highest BCUT2D eigenvalue weighted by atomic mass is 16.4. The number of nitrogens with one attached hydrogen (secondary N) is 1. The molecule has 0 unspecified atom stereocenters. The minimum Gasteiger partial charge on any atom is -0.477 e. The van der Waals surface area contributed by atoms with Crippen molar-refractivity contribution in [2.45, 2.75) is 6.42 Å². The number of carbonyl (C=O) groups is 2. The van der Waals surface area contributed by atoms with Gasteiger partial charge in [-0.2, -0.15) is 0 Å². The topological polar surface area (TPSA) is 105 Å². The summed E-state index contributed by atoms with van der Waals surface area (Å²) in [7, 11) is 0. The molecule has 1 aromatic carbocycles. The maximum Gasteiger partial charge on any atom is 0.354 e. The average Bonchev–Trinajstić information content (AvgIpc) is 2.38. The average molecular weight is 259 g/mol. The number of carbonyl (C=O) groups excluding carboxylic acids is 1. The van der Waals surface area contributed by atoms with Crippen molar-refractivity contribution in [2.75, 3.05) is 11.9 Å². The van der Waals surface area contributed by atoms with E-state index < -0.39 is 11.9 Å². The van der Waals surface area contributed by atoms with Crippen LogP contribution in [0.25, 0.3) is 10.8 Å². The van der Waals surface area contributed by atoms with Crippen LogP contribution in [0.2, 0.25) is 0 Å². The molecule has 2 aromatic rings. The smallest absolute Gasteiger partial charge is 0.354 e. The monoisotopic (exact) mass is 259 g/mol. The lowest BCUT2D eigenvalue weighted by atomic mass is 10.1. The predicted octanol–water partition coefficient (Wildman–Crippen LogP) is 1.22. The molecule has 0 aliphatic heterocycles. The third-order valence-corrected chi connectivity index (χ3v) is 2.62. The van der Waals surface area contributed by atoms with Gasteiger partial charge in [0.05, 0.1) is 0 Å². The molecule has 6 nitrogen and oxygen atoms in total. The number of primary amides is 1. The van der Waals surface area contributed by atoms with Gasteiger partial charge in [-0.3, -0.25) is 4.79 Å². The largest absolute Gasteiger partial charge is 0.477 e. The van der Waals surface area contributed by atoms with Gasteiger partial charge in [0.1, 0.15) is 5.82 Å². The Kier molecular flexibility index (Phi) is 3.61. The van der Waals surface area contributed by atoms with Crippen molar-refractivity contribution in [3.8, 4) is 0 Å². The van der Waals surface area contributed by atoms with Gasteiger partial charge in [-0.1, -0.05) is 24.3 Å². The normalized spacial score (nSPS) is 10.3. The number of benzene rings is 1. The Morgan fingerprint density at radius 2 is 2.05 bits per heavy atom. The first-order valence-electron chi connectivity index (χ1n) is 5.73. The Morgan fingerprint density at radius 3 is 2.74 bits per heavy atom. The highest BCUT2D eigenvalue weighted by molar-refractivity contribution is 5.97. The molecule has 0 saturated heterocycles. The summed E-state index contributed by atoms with van der Waals surface area (Å²) in [6.45, 7) is 0.315. The third kappa shape index (κ3) is 2.98. The molecule has 1 aromatic heterocycles. The number of nitrogens with zero attached hydrogens (tertiary/aromatic N) is 1. The Bertz CT molecular complexity index is 640. The number of hydrogen-bond donors (Lipinski definition) is 3. The molecule has 1 heterocycles. The van der Waals surface area contributed by atoms with Crippen LogP contribution in [0.3, 0.4) is 0 Å². The van der Waals surface area contributed by atoms with Crippen LogP contribution >= 0.6 is 0 Å². The van der Waals surface area contributed by atoms with Gasteiger partial charge < -0.3 is 16.2 Å². The SMILES string of the molecule is NC(=O)CCNc1nc(C(=O)O)cc2ccccc12. The molecule has 1 amide bonds. The molecular formula is C13H13N3O3. The van der Waals surface area contributed by atoms with Gasteiger partial charge in [-0.25, -0.2) is 9.78 Å². The number of anilines is 1. The molecule has 0 saturated carbocycles. The quantitative estimate of drug-likeness (QED) is 0.748. The number of hydrogen-bond acceptors (Lipinski definition) is 4. The van der Waals surface area contributed by atoms with Crippen LogP contribution in [0.4, 0.5) is 5.82 Å². The first-order chi connectivity index (χ1) is 9.08. The zero-order valence-corrected chi connectivity index (χ0v) is 10.1. The number of carboxylic acid groups (broad SMARTS) is 1. The lowest BCUT2D eigenvalue weighted by molar-refractivity contribution is -0.117. The number of fused-ring (bicyclic) bond motifs is 1. The maximum absolute atomic E-state index is 11.0. The minimum absolute atomic E-state index is 0.0414. The molecule has 0 aliphatic carbocycles. The minimum atomic E-state index is -1.09. The second kappa shape index (κ2) is 5.34. The van der Waals surface area contributed by atoms with E-state index >= 15 is 0 Å². The number of rotatable bonds is 5. The van der Waals surface area contributed by atoms with Crippen molar-refractivity contribution in [3.05, 3.63) is 36.0 Å². The summed E-state index contributed by atoms with van der Waals surface area (Å²) in [6, 6.07) is 8.81. The fourth-order valence-electron chi connectivity index (χ4n) is 1.75. The molecule has 0 spiro atoms. The van der Waals surface area contributed by atoms with Crippen molar-refractivity contribution in [1.29, 1.82) is 0 Å². The van der Waals surface area contributed by atoms with Crippen LogP contribution in [-0.4, -0.2) is 28.5 Å². The van der Waals surface area contributed by atoms with E-state index in [1.807, 2.05) is 24.3 Å². The number of amides is 1. The molecule has 19 heavy (non-hydrogen) atoms. The fraction of sp³-hybridized carbons (Fsp3) is 0.154. The zero-order chi connectivity index (χ0) is 13.8. The Balaban J connectivity index is 2.38. The van der Waals surface area contributed by atoms with Gasteiger partial charge in [0, 0.05) is 18.4 Å². The van der Waals surface area contributed by atoms with E-state index in [0.717, 1.165) is 10.8 Å². The summed E-state index contributed by atoms with van der Waals surface area (Å²) in [5, 5.41) is 13.5. The molecule has 4 N–H and O–H groups in total. The van der Waals surface area contributed by atoms with Crippen molar-refractivity contribution in [3.63, 3.8) is 0 Å². The number of pyridine rings is 1. The first-order valence-corrected chi connectivity index (χ1v) is 5.73. The van der Waals surface area contributed by atoms with Crippen molar-refractivity contribution in [1.82, 2.24) is 4.98 Å². The summed E-state index contributed by atoms with van der Waals surface area (Å²) in [6.07, 6.45) is 0.160. The molecule has 0 radical (unpaired) electrons. The Hall–Kier alpha value is -2.63. The van der Waals surface area contributed by atoms with Gasteiger partial charge in [0.15, 0.2) is 5.69 Å². The van der Waals surface area contributed by atoms with Crippen molar-refractivity contribution >= 4 is 28.5 Å². The van der Waals surface area contributed by atoms with Crippen LogP contribution in [0.5, 0.6) is 0 Å². The molecule has 6 heteroatoms. The van der Waals surface area contributed by atoms with Gasteiger partial charge in [-0.05, 0) is 11.5 Å². The summed E-state index contributed by atoms with van der Waals surface area (Å²) in [5.74, 6) is -1.08. The van der Waals surface area contributed by atoms with Crippen LogP contribution in [0.1, 0.15) is 16.9 Å². The number of aromatic nitrogens is 1. The zero-order valence-electron chi connectivity index (χ0n) is 10.1. The van der Waals surface area contributed by atoms with E-state index in [1.165, 1.54) is 6.07 Å². The van der Waals surface area contributed by atoms with E-state index in [-0.39, 0.29) is 12.1 Å². The fourth-order valence-corrected chi connectivity index (χ4v) is 1.75. The highest BCUT2D eigenvalue weighted by Crippen LogP contribution is 2.22. The molecule has 2 rings (SSSR count).